The van der Waals surface area contributed by atoms with E-state index in [1.807, 2.05) is 27.7 Å². The van der Waals surface area contributed by atoms with Gasteiger partial charge in [0, 0.05) is 6.54 Å². The van der Waals surface area contributed by atoms with E-state index in [1.54, 1.807) is 4.72 Å². The predicted molar refractivity (Wildman–Crippen MR) is 138 cm³/mol. The van der Waals surface area contributed by atoms with E-state index >= 15 is 0 Å². The fourth-order valence-corrected chi connectivity index (χ4v) is 7.04. The van der Waals surface area contributed by atoms with Crippen molar-refractivity contribution >= 4 is 22.0 Å². The Balaban J connectivity index is 0.000000279. The summed E-state index contributed by atoms with van der Waals surface area (Å²) < 4.78 is 70.2. The van der Waals surface area contributed by atoms with Crippen molar-refractivity contribution in [3.8, 4) is 0 Å². The zero-order chi connectivity index (χ0) is 29.0. The summed E-state index contributed by atoms with van der Waals surface area (Å²) in [4.78, 5) is 24.8. The second kappa shape index (κ2) is 12.4. The maximum atomic E-state index is 12.7. The van der Waals surface area contributed by atoms with Gasteiger partial charge in [0.15, 0.2) is 0 Å². The standard InChI is InChI=1S/C18H32O4.C9H14F3NO2S/c1-7-17(5,15(20)21-6)13-16(3,4)14(19)22-18(8-2)11-9-10-12-18;10-9(11,12)16(14,15)13-5-8-4-6-1-2-7(8)3-6/h7-13H2,1-6H3;6-8,13H,1-5H2. The minimum absolute atomic E-state index is 0.0665. The van der Waals surface area contributed by atoms with Crippen molar-refractivity contribution in [1.82, 2.24) is 4.72 Å². The average molecular weight is 570 g/mol. The highest BCUT2D eigenvalue weighted by Gasteiger charge is 2.48. The predicted octanol–water partition coefficient (Wildman–Crippen LogP) is 6.12. The van der Waals surface area contributed by atoms with E-state index in [9.17, 15) is 31.2 Å². The number of esters is 2. The van der Waals surface area contributed by atoms with Gasteiger partial charge in [-0.25, -0.2) is 13.1 Å². The molecule has 0 heterocycles. The van der Waals surface area contributed by atoms with Crippen LogP contribution in [0, 0.1) is 28.6 Å². The number of nitrogens with one attached hydrogen (secondary N) is 1. The van der Waals surface area contributed by atoms with Crippen molar-refractivity contribution in [2.75, 3.05) is 13.7 Å². The highest BCUT2D eigenvalue weighted by atomic mass is 32.2. The van der Waals surface area contributed by atoms with Gasteiger partial charge >= 0.3 is 27.5 Å². The second-order valence-corrected chi connectivity index (χ2v) is 14.1. The van der Waals surface area contributed by atoms with Gasteiger partial charge in [0.1, 0.15) is 5.60 Å². The number of carbonyl (C=O) groups excluding carboxylic acids is 2. The molecule has 38 heavy (non-hydrogen) atoms. The first-order chi connectivity index (χ1) is 17.4. The third-order valence-electron chi connectivity index (χ3n) is 9.04. The number of sulfonamides is 1. The molecule has 3 rings (SSSR count). The van der Waals surface area contributed by atoms with Gasteiger partial charge in [-0.05, 0) is 103 Å². The summed E-state index contributed by atoms with van der Waals surface area (Å²) in [6.45, 7) is 9.55. The normalized spacial score (nSPS) is 26.3. The molecule has 3 aliphatic rings. The lowest BCUT2D eigenvalue weighted by atomic mass is 9.72. The van der Waals surface area contributed by atoms with Crippen LogP contribution in [0.25, 0.3) is 0 Å². The molecule has 4 unspecified atom stereocenters. The smallest absolute Gasteiger partial charge is 0.469 e. The monoisotopic (exact) mass is 569 g/mol. The number of fused-ring (bicyclic) bond motifs is 2. The molecule has 0 saturated heterocycles. The Kier molecular flexibility index (Phi) is 10.8. The number of hydrogen-bond acceptors (Lipinski definition) is 6. The number of rotatable bonds is 10. The van der Waals surface area contributed by atoms with Crippen LogP contribution in [0.5, 0.6) is 0 Å². The van der Waals surface area contributed by atoms with Crippen LogP contribution < -0.4 is 4.72 Å². The molecule has 0 aromatic rings. The summed E-state index contributed by atoms with van der Waals surface area (Å²) in [5, 5.41) is 0. The van der Waals surface area contributed by atoms with E-state index in [0.29, 0.717) is 24.7 Å². The summed E-state index contributed by atoms with van der Waals surface area (Å²) in [6, 6.07) is 0. The molecule has 0 aromatic heterocycles. The molecular weight excluding hydrogens is 523 g/mol. The number of methoxy groups -OCH3 is 1. The number of halogens is 3. The lowest BCUT2D eigenvalue weighted by molar-refractivity contribution is -0.174. The molecular formula is C27H46F3NO6S. The molecule has 222 valence electrons. The Morgan fingerprint density at radius 2 is 1.61 bits per heavy atom. The van der Waals surface area contributed by atoms with E-state index in [2.05, 4.69) is 6.92 Å². The topological polar surface area (TPSA) is 98.8 Å². The maximum Gasteiger partial charge on any atom is 0.511 e. The highest BCUT2D eigenvalue weighted by Crippen LogP contribution is 2.48. The van der Waals surface area contributed by atoms with Crippen LogP contribution >= 0.6 is 0 Å². The fourth-order valence-electron chi connectivity index (χ4n) is 6.44. The molecule has 3 saturated carbocycles. The van der Waals surface area contributed by atoms with Crippen molar-refractivity contribution in [2.24, 2.45) is 28.6 Å². The Morgan fingerprint density at radius 1 is 1.00 bits per heavy atom. The van der Waals surface area contributed by atoms with Gasteiger partial charge < -0.3 is 9.47 Å². The van der Waals surface area contributed by atoms with Gasteiger partial charge in [0.2, 0.25) is 0 Å². The summed E-state index contributed by atoms with van der Waals surface area (Å²) in [5.41, 5.74) is -6.84. The highest BCUT2D eigenvalue weighted by molar-refractivity contribution is 7.90. The fraction of sp³-hybridized carbons (Fsp3) is 0.926. The van der Waals surface area contributed by atoms with E-state index in [-0.39, 0.29) is 30.0 Å². The molecule has 7 nitrogen and oxygen atoms in total. The van der Waals surface area contributed by atoms with Crippen LogP contribution in [0.1, 0.15) is 105 Å². The molecule has 0 amide bonds. The van der Waals surface area contributed by atoms with Crippen LogP contribution in [-0.4, -0.2) is 45.1 Å². The molecule has 1 N–H and O–H groups in total. The largest absolute Gasteiger partial charge is 0.511 e. The van der Waals surface area contributed by atoms with Gasteiger partial charge in [-0.3, -0.25) is 9.59 Å². The van der Waals surface area contributed by atoms with Gasteiger partial charge in [0.05, 0.1) is 17.9 Å². The molecule has 2 bridgehead atoms. The minimum atomic E-state index is -5.19. The number of hydrogen-bond donors (Lipinski definition) is 1. The van der Waals surface area contributed by atoms with Gasteiger partial charge in [-0.1, -0.05) is 20.3 Å². The van der Waals surface area contributed by atoms with Crippen molar-refractivity contribution in [2.45, 2.75) is 116 Å². The number of ether oxygens (including phenoxy) is 2. The molecule has 0 aliphatic heterocycles. The van der Waals surface area contributed by atoms with E-state index in [4.69, 9.17) is 9.47 Å². The summed E-state index contributed by atoms with van der Waals surface area (Å²) in [6.07, 6.45) is 10.2. The van der Waals surface area contributed by atoms with Crippen LogP contribution in [0.15, 0.2) is 0 Å². The van der Waals surface area contributed by atoms with Gasteiger partial charge in [-0.2, -0.15) is 13.2 Å². The molecule has 0 spiro atoms. The maximum absolute atomic E-state index is 12.7. The van der Waals surface area contributed by atoms with Crippen LogP contribution in [0.3, 0.4) is 0 Å². The Hall–Kier alpha value is -1.36. The van der Waals surface area contributed by atoms with Crippen molar-refractivity contribution < 1.29 is 40.7 Å². The molecule has 3 aliphatic carbocycles. The molecule has 0 aromatic carbocycles. The Labute approximate surface area is 226 Å². The molecule has 4 atom stereocenters. The Bertz CT molecular complexity index is 930. The zero-order valence-corrected chi connectivity index (χ0v) is 24.5. The third-order valence-corrected chi connectivity index (χ3v) is 10.2. The minimum Gasteiger partial charge on any atom is -0.469 e. The van der Waals surface area contributed by atoms with Crippen molar-refractivity contribution in [3.05, 3.63) is 0 Å². The van der Waals surface area contributed by atoms with Crippen LogP contribution in [0.2, 0.25) is 0 Å². The van der Waals surface area contributed by atoms with E-state index < -0.39 is 26.4 Å². The Morgan fingerprint density at radius 3 is 2.03 bits per heavy atom. The summed E-state index contributed by atoms with van der Waals surface area (Å²) in [5.74, 6) is 0.656. The average Bonchev–Trinajstić information content (AvgIpc) is 3.59. The van der Waals surface area contributed by atoms with E-state index in [0.717, 1.165) is 57.8 Å². The quantitative estimate of drug-likeness (QED) is 0.318. The summed E-state index contributed by atoms with van der Waals surface area (Å²) in [7, 11) is -3.76. The first kappa shape index (κ1) is 32.8. The first-order valence-electron chi connectivity index (χ1n) is 13.8. The SMILES string of the molecule is CCC1(OC(=O)C(C)(C)CC(C)(CC)C(=O)OC)CCCC1.O=S(=O)(NCC1CC2CCC1C2)C(F)(F)F. The van der Waals surface area contributed by atoms with E-state index in [1.165, 1.54) is 7.11 Å². The van der Waals surface area contributed by atoms with Crippen LogP contribution in [0.4, 0.5) is 13.2 Å². The zero-order valence-electron chi connectivity index (χ0n) is 23.7. The second-order valence-electron chi connectivity index (χ2n) is 12.3. The molecule has 3 fully saturated rings. The third kappa shape index (κ3) is 7.86. The van der Waals surface area contributed by atoms with Gasteiger partial charge in [0.25, 0.3) is 0 Å². The molecule has 11 heteroatoms. The molecule has 0 radical (unpaired) electrons. The number of carbonyl (C=O) groups is 2. The van der Waals surface area contributed by atoms with Crippen molar-refractivity contribution in [3.63, 3.8) is 0 Å². The van der Waals surface area contributed by atoms with Crippen LogP contribution in [-0.2, 0) is 29.1 Å². The first-order valence-corrected chi connectivity index (χ1v) is 15.3. The number of alkyl halides is 3. The lowest BCUT2D eigenvalue weighted by Gasteiger charge is -2.36. The van der Waals surface area contributed by atoms with Crippen molar-refractivity contribution in [1.29, 1.82) is 0 Å². The summed E-state index contributed by atoms with van der Waals surface area (Å²) >= 11 is 0. The van der Waals surface area contributed by atoms with Gasteiger partial charge in [-0.15, -0.1) is 0 Å². The lowest BCUT2D eigenvalue weighted by Crippen LogP contribution is -2.42.